The Labute approximate surface area is 426 Å². The molecule has 0 heterocycles. The number of esters is 3. The van der Waals surface area contributed by atoms with Gasteiger partial charge in [-0.15, -0.1) is 0 Å². The van der Waals surface area contributed by atoms with Crippen LogP contribution in [-0.4, -0.2) is 66.5 Å². The predicted molar refractivity (Wildman–Crippen MR) is 288 cm³/mol. The minimum Gasteiger partial charge on any atom is -0.462 e. The summed E-state index contributed by atoms with van der Waals surface area (Å²) in [4.78, 5) is 48.4. The van der Waals surface area contributed by atoms with Gasteiger partial charge in [0.05, 0.1) is 19.8 Å². The van der Waals surface area contributed by atoms with Crippen LogP contribution in [0.5, 0.6) is 0 Å². The lowest BCUT2D eigenvalue weighted by Crippen LogP contribution is -2.30. The Balaban J connectivity index is 4.77. The van der Waals surface area contributed by atoms with Crippen molar-refractivity contribution in [2.24, 2.45) is 0 Å². The Morgan fingerprint density at radius 1 is 0.414 bits per heavy atom. The van der Waals surface area contributed by atoms with E-state index in [1.165, 1.54) is 25.7 Å². The van der Waals surface area contributed by atoms with Gasteiger partial charge in [0, 0.05) is 19.3 Å². The van der Waals surface area contributed by atoms with Crippen LogP contribution in [0.4, 0.5) is 0 Å². The van der Waals surface area contributed by atoms with Crippen LogP contribution < -0.4 is 0 Å². The van der Waals surface area contributed by atoms with Crippen molar-refractivity contribution in [1.82, 2.24) is 0 Å². The zero-order chi connectivity index (χ0) is 51.3. The summed E-state index contributed by atoms with van der Waals surface area (Å²) in [6, 6.07) is 0. The highest BCUT2D eigenvalue weighted by molar-refractivity contribution is 7.47. The quantitative estimate of drug-likeness (QED) is 0.0197. The first kappa shape index (κ1) is 66.7. The molecule has 11 nitrogen and oxygen atoms in total. The monoisotopic (exact) mass is 1000 g/mol. The number of carbonyl (C=O) groups is 3. The maximum absolute atomic E-state index is 12.9. The maximum atomic E-state index is 12.9. The van der Waals surface area contributed by atoms with Crippen molar-refractivity contribution in [3.05, 3.63) is 85.1 Å². The fraction of sp³-hybridized carbons (Fsp3) is 0.707. The van der Waals surface area contributed by atoms with Gasteiger partial charge in [-0.3, -0.25) is 23.4 Å². The van der Waals surface area contributed by atoms with Gasteiger partial charge in [0.25, 0.3) is 0 Å². The highest BCUT2D eigenvalue weighted by atomic mass is 31.2. The molecule has 0 aromatic carbocycles. The van der Waals surface area contributed by atoms with Crippen molar-refractivity contribution in [3.63, 3.8) is 0 Å². The van der Waals surface area contributed by atoms with Gasteiger partial charge < -0.3 is 24.2 Å². The Morgan fingerprint density at radius 2 is 0.743 bits per heavy atom. The third-order valence-corrected chi connectivity index (χ3v) is 12.2. The van der Waals surface area contributed by atoms with Crippen molar-refractivity contribution >= 4 is 25.7 Å². The van der Waals surface area contributed by atoms with Gasteiger partial charge in [-0.25, -0.2) is 4.57 Å². The van der Waals surface area contributed by atoms with Gasteiger partial charge in [-0.2, -0.15) is 0 Å². The van der Waals surface area contributed by atoms with E-state index in [0.717, 1.165) is 141 Å². The second-order valence-corrected chi connectivity index (χ2v) is 19.4. The number of hydrogen-bond donors (Lipinski definition) is 2. The molecule has 0 saturated carbocycles. The van der Waals surface area contributed by atoms with Crippen LogP contribution in [0.3, 0.4) is 0 Å². The first-order valence-electron chi connectivity index (χ1n) is 27.5. The third-order valence-electron chi connectivity index (χ3n) is 11.3. The van der Waals surface area contributed by atoms with Gasteiger partial charge in [0.2, 0.25) is 0 Å². The summed E-state index contributed by atoms with van der Waals surface area (Å²) in [6.07, 6.45) is 58.3. The molecule has 0 rings (SSSR count). The number of ether oxygens (including phenoxy) is 3. The zero-order valence-electron chi connectivity index (χ0n) is 44.2. The van der Waals surface area contributed by atoms with E-state index < -0.39 is 57.8 Å². The Hall–Kier alpha value is -3.34. The van der Waals surface area contributed by atoms with E-state index in [1.807, 2.05) is 0 Å². The van der Waals surface area contributed by atoms with Crippen LogP contribution >= 0.6 is 7.82 Å². The van der Waals surface area contributed by atoms with Crippen LogP contribution in [0.1, 0.15) is 226 Å². The van der Waals surface area contributed by atoms with Gasteiger partial charge in [-0.1, -0.05) is 183 Å². The predicted octanol–water partition coefficient (Wildman–Crippen LogP) is 15.9. The lowest BCUT2D eigenvalue weighted by molar-refractivity contribution is -0.161. The molecule has 0 spiro atoms. The van der Waals surface area contributed by atoms with Crippen molar-refractivity contribution in [2.45, 2.75) is 238 Å². The number of allylic oxidation sites excluding steroid dienone is 14. The number of carbonyl (C=O) groups excluding carboxylic acids is 3. The minimum absolute atomic E-state index is 0.142. The summed E-state index contributed by atoms with van der Waals surface area (Å²) < 4.78 is 39.4. The number of phosphoric ester groups is 1. The van der Waals surface area contributed by atoms with Crippen LogP contribution in [0.2, 0.25) is 0 Å². The topological polar surface area (TPSA) is 155 Å². The van der Waals surface area contributed by atoms with Gasteiger partial charge >= 0.3 is 25.7 Å². The Kier molecular flexibility index (Phi) is 49.5. The van der Waals surface area contributed by atoms with E-state index in [1.54, 1.807) is 0 Å². The average molecular weight is 1000 g/mol. The lowest BCUT2D eigenvalue weighted by atomic mass is 10.1. The van der Waals surface area contributed by atoms with Crippen molar-refractivity contribution in [1.29, 1.82) is 0 Å². The SMILES string of the molecule is CC/C=C\C/C=C\C/C=C\CCCCCCCC(=O)OC(CO)COP(=O)(O)OCC(COC(=O)CCCCCCC/C=C\CCCCCC)OC(=O)CCCCCCC/C=C\C/C=C\C/C=C\CC. The van der Waals surface area contributed by atoms with Crippen LogP contribution in [0.25, 0.3) is 0 Å². The third kappa shape index (κ3) is 49.6. The average Bonchev–Trinajstić information content (AvgIpc) is 3.35. The standard InChI is InChI=1S/C58H99O11P/c1-4-7-10-13-16-19-22-25-27-30-33-36-39-42-45-48-57(61)68-54(50-59)52-66-70(63,64)67-53-55(51-65-56(60)47-44-41-38-35-32-29-24-21-18-15-12-9-6-3)69-58(62)49-46-43-40-37-34-31-28-26-23-20-17-14-11-8-5-2/h7-8,10-11,16-17,19-21,24-28,54-55,59H,4-6,9,12-15,18,22-23,29-53H2,1-3H3,(H,63,64)/b10-7-,11-8-,19-16-,20-17-,24-21-,27-25-,28-26-. The van der Waals surface area contributed by atoms with Gasteiger partial charge in [0.1, 0.15) is 12.7 Å². The summed E-state index contributed by atoms with van der Waals surface area (Å²) in [5.41, 5.74) is 0. The normalized spacial score (nSPS) is 14.1. The number of aliphatic hydroxyl groups excluding tert-OH is 1. The van der Waals surface area contributed by atoms with Crippen LogP contribution in [0.15, 0.2) is 85.1 Å². The highest BCUT2D eigenvalue weighted by Crippen LogP contribution is 2.43. The molecule has 0 radical (unpaired) electrons. The molecule has 3 atom stereocenters. The molecule has 0 amide bonds. The van der Waals surface area contributed by atoms with E-state index >= 15 is 0 Å². The van der Waals surface area contributed by atoms with E-state index in [0.29, 0.717) is 19.3 Å². The molecule has 12 heteroatoms. The second-order valence-electron chi connectivity index (χ2n) is 18.0. The summed E-state index contributed by atoms with van der Waals surface area (Å²) in [5.74, 6) is -1.52. The fourth-order valence-electron chi connectivity index (χ4n) is 7.14. The number of phosphoric acid groups is 1. The fourth-order valence-corrected chi connectivity index (χ4v) is 7.93. The van der Waals surface area contributed by atoms with Crippen molar-refractivity contribution < 1.29 is 52.2 Å². The van der Waals surface area contributed by atoms with E-state index in [-0.39, 0.29) is 25.9 Å². The first-order chi connectivity index (χ1) is 34.2. The second kappa shape index (κ2) is 52.0. The molecular formula is C58H99O11P. The summed E-state index contributed by atoms with van der Waals surface area (Å²) in [5, 5.41) is 9.80. The van der Waals surface area contributed by atoms with Crippen LogP contribution in [-0.2, 0) is 42.2 Å². The molecule has 0 aliphatic heterocycles. The molecule has 3 unspecified atom stereocenters. The maximum Gasteiger partial charge on any atom is 0.472 e. The number of unbranched alkanes of at least 4 members (excludes halogenated alkanes) is 19. The molecule has 70 heavy (non-hydrogen) atoms. The summed E-state index contributed by atoms with van der Waals surface area (Å²) in [7, 11) is -4.76. The molecule has 2 N–H and O–H groups in total. The molecule has 0 fully saturated rings. The van der Waals surface area contributed by atoms with Crippen LogP contribution in [0, 0.1) is 0 Å². The zero-order valence-corrected chi connectivity index (χ0v) is 45.1. The summed E-state index contributed by atoms with van der Waals surface area (Å²) in [6.45, 7) is 4.35. The van der Waals surface area contributed by atoms with E-state index in [2.05, 4.69) is 106 Å². The highest BCUT2D eigenvalue weighted by Gasteiger charge is 2.28. The molecule has 0 aliphatic rings. The minimum atomic E-state index is -4.76. The van der Waals surface area contributed by atoms with E-state index in [4.69, 9.17) is 23.3 Å². The summed E-state index contributed by atoms with van der Waals surface area (Å²) >= 11 is 0. The van der Waals surface area contributed by atoms with Crippen molar-refractivity contribution in [2.75, 3.05) is 26.4 Å². The Bertz CT molecular complexity index is 1500. The number of hydrogen-bond acceptors (Lipinski definition) is 10. The molecule has 0 aromatic rings. The molecule has 0 saturated heterocycles. The molecule has 0 aromatic heterocycles. The van der Waals surface area contributed by atoms with Crippen molar-refractivity contribution in [3.8, 4) is 0 Å². The van der Waals surface area contributed by atoms with E-state index in [9.17, 15) is 28.9 Å². The largest absolute Gasteiger partial charge is 0.472 e. The molecule has 402 valence electrons. The number of aliphatic hydroxyl groups is 1. The lowest BCUT2D eigenvalue weighted by Gasteiger charge is -2.21. The number of rotatable bonds is 50. The smallest absolute Gasteiger partial charge is 0.462 e. The first-order valence-corrected chi connectivity index (χ1v) is 29.0. The van der Waals surface area contributed by atoms with Gasteiger partial charge in [0.15, 0.2) is 6.10 Å². The Morgan fingerprint density at radius 3 is 1.16 bits per heavy atom. The molecule has 0 aliphatic carbocycles. The molecule has 0 bridgehead atoms. The molecular weight excluding hydrogens is 904 g/mol. The van der Waals surface area contributed by atoms with Gasteiger partial charge in [-0.05, 0) is 109 Å².